The molecule has 0 spiro atoms. The predicted octanol–water partition coefficient (Wildman–Crippen LogP) is 4.01. The van der Waals surface area contributed by atoms with Gasteiger partial charge in [-0.05, 0) is 38.0 Å². The lowest BCUT2D eigenvalue weighted by Gasteiger charge is -2.22. The number of hydrogen-bond donors (Lipinski definition) is 0. The Hall–Kier alpha value is -3.41. The van der Waals surface area contributed by atoms with Gasteiger partial charge in [-0.15, -0.1) is 0 Å². The van der Waals surface area contributed by atoms with Crippen LogP contribution in [0.3, 0.4) is 0 Å². The van der Waals surface area contributed by atoms with Crippen LogP contribution in [0.5, 0.6) is 0 Å². The Morgan fingerprint density at radius 1 is 1.00 bits per heavy atom. The number of ether oxygens (including phenoxy) is 1. The third kappa shape index (κ3) is 5.14. The molecule has 0 aliphatic carbocycles. The van der Waals surface area contributed by atoms with Crippen LogP contribution in [0.1, 0.15) is 40.6 Å². The van der Waals surface area contributed by atoms with Gasteiger partial charge < -0.3 is 14.1 Å². The zero-order chi connectivity index (χ0) is 21.7. The van der Waals surface area contributed by atoms with Crippen LogP contribution in [0.15, 0.2) is 57.7 Å². The molecule has 0 unspecified atom stereocenters. The van der Waals surface area contributed by atoms with Crippen molar-refractivity contribution >= 4 is 22.8 Å². The molecular formula is C24H25NO5. The highest BCUT2D eigenvalue weighted by Gasteiger charge is 2.19. The van der Waals surface area contributed by atoms with Crippen molar-refractivity contribution in [1.29, 1.82) is 0 Å². The summed E-state index contributed by atoms with van der Waals surface area (Å²) in [6.45, 7) is 6.42. The van der Waals surface area contributed by atoms with Gasteiger partial charge in [-0.1, -0.05) is 48.4 Å². The molecule has 3 rings (SSSR count). The molecule has 6 nitrogen and oxygen atoms in total. The van der Waals surface area contributed by atoms with Crippen LogP contribution < -0.4 is 5.43 Å². The molecule has 156 valence electrons. The van der Waals surface area contributed by atoms with Crippen LogP contribution in [-0.2, 0) is 16.1 Å². The average molecular weight is 407 g/mol. The summed E-state index contributed by atoms with van der Waals surface area (Å²) in [4.78, 5) is 38.9. The molecule has 1 amide bonds. The number of fused-ring (bicyclic) bond motifs is 1. The summed E-state index contributed by atoms with van der Waals surface area (Å²) in [6.07, 6.45) is 0.782. The monoisotopic (exact) mass is 407 g/mol. The second kappa shape index (κ2) is 9.39. The highest BCUT2D eigenvalue weighted by molar-refractivity contribution is 5.90. The minimum Gasteiger partial charge on any atom is -0.450 e. The van der Waals surface area contributed by atoms with E-state index >= 15 is 0 Å². The van der Waals surface area contributed by atoms with Crippen LogP contribution in [0.4, 0.5) is 0 Å². The first-order valence-corrected chi connectivity index (χ1v) is 9.92. The molecule has 1 aromatic heterocycles. The van der Waals surface area contributed by atoms with Crippen molar-refractivity contribution in [3.05, 3.63) is 81.2 Å². The van der Waals surface area contributed by atoms with Crippen molar-refractivity contribution in [3.63, 3.8) is 0 Å². The Kier molecular flexibility index (Phi) is 6.67. The van der Waals surface area contributed by atoms with Crippen molar-refractivity contribution < 1.29 is 18.7 Å². The Morgan fingerprint density at radius 2 is 1.70 bits per heavy atom. The third-order valence-corrected chi connectivity index (χ3v) is 4.75. The van der Waals surface area contributed by atoms with Crippen LogP contribution in [0, 0.1) is 13.8 Å². The van der Waals surface area contributed by atoms with Crippen molar-refractivity contribution in [3.8, 4) is 0 Å². The smallest absolute Gasteiger partial charge is 0.374 e. The van der Waals surface area contributed by atoms with Gasteiger partial charge in [0.2, 0.25) is 5.76 Å². The molecule has 0 fully saturated rings. The number of hydrogen-bond acceptors (Lipinski definition) is 5. The summed E-state index contributed by atoms with van der Waals surface area (Å²) < 4.78 is 10.6. The predicted molar refractivity (Wildman–Crippen MR) is 114 cm³/mol. The molecule has 1 heterocycles. The molecule has 6 heteroatoms. The van der Waals surface area contributed by atoms with E-state index in [0.717, 1.165) is 29.2 Å². The molecule has 2 aromatic carbocycles. The van der Waals surface area contributed by atoms with E-state index in [1.165, 1.54) is 0 Å². The number of nitrogens with zero attached hydrogens (tertiary/aromatic N) is 1. The standard InChI is InChI=1S/C24H25NO5/c1-4-11-25(14-18-8-5-16(2)6-9-18)23(27)15-29-24(28)22-13-20(26)19-12-17(3)7-10-21(19)30-22/h5-10,12-13H,4,11,14-15H2,1-3H3. The minimum absolute atomic E-state index is 0.218. The minimum atomic E-state index is -0.838. The van der Waals surface area contributed by atoms with Crippen LogP contribution in [0.25, 0.3) is 11.0 Å². The van der Waals surface area contributed by atoms with Crippen molar-refractivity contribution in [2.45, 2.75) is 33.7 Å². The van der Waals surface area contributed by atoms with Gasteiger partial charge in [-0.2, -0.15) is 0 Å². The van der Waals surface area contributed by atoms with E-state index in [2.05, 4.69) is 0 Å². The van der Waals surface area contributed by atoms with E-state index in [1.54, 1.807) is 23.1 Å². The van der Waals surface area contributed by atoms with E-state index in [9.17, 15) is 14.4 Å². The number of amides is 1. The summed E-state index contributed by atoms with van der Waals surface area (Å²) in [5.74, 6) is -1.36. The Bertz CT molecular complexity index is 1110. The summed E-state index contributed by atoms with van der Waals surface area (Å²) in [5.41, 5.74) is 3.04. The third-order valence-electron chi connectivity index (χ3n) is 4.75. The first-order valence-electron chi connectivity index (χ1n) is 9.92. The Balaban J connectivity index is 1.68. The summed E-state index contributed by atoms with van der Waals surface area (Å²) in [5, 5.41) is 0.398. The van der Waals surface area contributed by atoms with E-state index in [-0.39, 0.29) is 17.1 Å². The molecule has 0 aliphatic heterocycles. The second-order valence-electron chi connectivity index (χ2n) is 7.35. The van der Waals surface area contributed by atoms with Crippen molar-refractivity contribution in [2.75, 3.05) is 13.2 Å². The fraction of sp³-hybridized carbons (Fsp3) is 0.292. The summed E-state index contributed by atoms with van der Waals surface area (Å²) in [6, 6.07) is 14.2. The molecule has 0 saturated carbocycles. The fourth-order valence-corrected chi connectivity index (χ4v) is 3.14. The Morgan fingerprint density at radius 3 is 2.40 bits per heavy atom. The number of carbonyl (C=O) groups excluding carboxylic acids is 2. The van der Waals surface area contributed by atoms with Gasteiger partial charge in [0, 0.05) is 19.2 Å². The van der Waals surface area contributed by atoms with E-state index < -0.39 is 12.6 Å². The van der Waals surface area contributed by atoms with Crippen molar-refractivity contribution in [1.82, 2.24) is 4.90 Å². The zero-order valence-electron chi connectivity index (χ0n) is 17.4. The fourth-order valence-electron chi connectivity index (χ4n) is 3.14. The van der Waals surface area contributed by atoms with Gasteiger partial charge in [-0.25, -0.2) is 4.79 Å². The largest absolute Gasteiger partial charge is 0.450 e. The van der Waals surface area contributed by atoms with Crippen LogP contribution in [0.2, 0.25) is 0 Å². The molecule has 3 aromatic rings. The number of esters is 1. The van der Waals surface area contributed by atoms with Gasteiger partial charge >= 0.3 is 5.97 Å². The summed E-state index contributed by atoms with van der Waals surface area (Å²) in [7, 11) is 0. The molecule has 0 N–H and O–H groups in total. The van der Waals surface area contributed by atoms with Gasteiger partial charge in [0.1, 0.15) is 5.58 Å². The van der Waals surface area contributed by atoms with Crippen LogP contribution in [-0.4, -0.2) is 29.9 Å². The molecule has 0 aliphatic rings. The molecule has 0 saturated heterocycles. The quantitative estimate of drug-likeness (QED) is 0.553. The lowest BCUT2D eigenvalue weighted by atomic mass is 10.1. The SMILES string of the molecule is CCCN(Cc1ccc(C)cc1)C(=O)COC(=O)c1cc(=O)c2cc(C)ccc2o1. The second-order valence-corrected chi connectivity index (χ2v) is 7.35. The average Bonchev–Trinajstić information content (AvgIpc) is 2.73. The maximum Gasteiger partial charge on any atom is 0.374 e. The highest BCUT2D eigenvalue weighted by Crippen LogP contribution is 2.15. The first kappa shape index (κ1) is 21.3. The zero-order valence-corrected chi connectivity index (χ0v) is 17.4. The molecule has 30 heavy (non-hydrogen) atoms. The van der Waals surface area contributed by atoms with Gasteiger partial charge in [0.25, 0.3) is 5.91 Å². The van der Waals surface area contributed by atoms with Crippen molar-refractivity contribution in [2.24, 2.45) is 0 Å². The first-order chi connectivity index (χ1) is 14.4. The molecule has 0 radical (unpaired) electrons. The number of rotatable bonds is 7. The number of carbonyl (C=O) groups is 2. The van der Waals surface area contributed by atoms with Crippen LogP contribution >= 0.6 is 0 Å². The van der Waals surface area contributed by atoms with E-state index in [0.29, 0.717) is 24.1 Å². The van der Waals surface area contributed by atoms with Gasteiger partial charge in [0.15, 0.2) is 12.0 Å². The van der Waals surface area contributed by atoms with E-state index in [1.807, 2.05) is 45.0 Å². The van der Waals surface area contributed by atoms with Gasteiger partial charge in [-0.3, -0.25) is 9.59 Å². The summed E-state index contributed by atoms with van der Waals surface area (Å²) >= 11 is 0. The van der Waals surface area contributed by atoms with E-state index in [4.69, 9.17) is 9.15 Å². The normalized spacial score (nSPS) is 10.8. The lowest BCUT2D eigenvalue weighted by Crippen LogP contribution is -2.35. The molecular weight excluding hydrogens is 382 g/mol. The molecule has 0 atom stereocenters. The topological polar surface area (TPSA) is 76.8 Å². The Labute approximate surface area is 175 Å². The maximum absolute atomic E-state index is 12.6. The maximum atomic E-state index is 12.6. The lowest BCUT2D eigenvalue weighted by molar-refractivity contribution is -0.135. The molecule has 0 bridgehead atoms. The number of aryl methyl sites for hydroxylation is 2. The van der Waals surface area contributed by atoms with Gasteiger partial charge in [0.05, 0.1) is 5.39 Å². The number of benzene rings is 2. The highest BCUT2D eigenvalue weighted by atomic mass is 16.5.